The van der Waals surface area contributed by atoms with Crippen LogP contribution >= 0.6 is 23.8 Å². The summed E-state index contributed by atoms with van der Waals surface area (Å²) in [6.45, 7) is 3.35. The van der Waals surface area contributed by atoms with Crippen molar-refractivity contribution in [2.45, 2.75) is 31.0 Å². The van der Waals surface area contributed by atoms with Crippen molar-refractivity contribution in [3.05, 3.63) is 11.6 Å². The highest BCUT2D eigenvalue weighted by Gasteiger charge is 2.59. The number of esters is 1. The number of halogens is 1. The Bertz CT molecular complexity index is 568. The van der Waals surface area contributed by atoms with Crippen LogP contribution in [0.25, 0.3) is 0 Å². The van der Waals surface area contributed by atoms with Gasteiger partial charge in [-0.15, -0.1) is 0 Å². The van der Waals surface area contributed by atoms with E-state index in [1.165, 1.54) is 0 Å². The van der Waals surface area contributed by atoms with Crippen LogP contribution in [0.5, 0.6) is 0 Å². The molecule has 2 aliphatic heterocycles. The second kappa shape index (κ2) is 6.19. The van der Waals surface area contributed by atoms with Gasteiger partial charge in [-0.2, -0.15) is 5.06 Å². The first-order valence-corrected chi connectivity index (χ1v) is 7.10. The van der Waals surface area contributed by atoms with Gasteiger partial charge < -0.3 is 15.2 Å². The van der Waals surface area contributed by atoms with Crippen molar-refractivity contribution in [3.8, 4) is 0 Å². The van der Waals surface area contributed by atoms with Crippen molar-refractivity contribution in [2.24, 2.45) is 0 Å². The highest BCUT2D eigenvalue weighted by atomic mass is 35.5. The number of amides is 1. The third-order valence-corrected chi connectivity index (χ3v) is 3.56. The zero-order valence-corrected chi connectivity index (χ0v) is 12.9. The minimum Gasteiger partial charge on any atom is -0.477 e. The Balaban J connectivity index is 2.10. The maximum Gasteiger partial charge on any atom is 0.372 e. The van der Waals surface area contributed by atoms with E-state index in [0.717, 1.165) is 0 Å². The molecule has 1 amide bonds. The SMILES string of the molecule is C=C(Cl)CC(=S)N[C@H]1CON(C2(C(=O)O)CCC(=O)O2)C1=O. The fourth-order valence-corrected chi connectivity index (χ4v) is 2.70. The highest BCUT2D eigenvalue weighted by molar-refractivity contribution is 7.80. The molecule has 2 fully saturated rings. The largest absolute Gasteiger partial charge is 0.477 e. The topological polar surface area (TPSA) is 105 Å². The molecule has 0 saturated carbocycles. The summed E-state index contributed by atoms with van der Waals surface area (Å²) in [4.78, 5) is 40.4. The average molecular weight is 349 g/mol. The van der Waals surface area contributed by atoms with Gasteiger partial charge in [0.05, 0.1) is 11.4 Å². The van der Waals surface area contributed by atoms with Crippen molar-refractivity contribution >= 4 is 46.7 Å². The molecule has 0 aromatic rings. The van der Waals surface area contributed by atoms with E-state index in [9.17, 15) is 19.5 Å². The third-order valence-electron chi connectivity index (χ3n) is 3.17. The molecule has 2 heterocycles. The average Bonchev–Trinajstić information content (AvgIpc) is 2.94. The molecule has 2 aliphatic rings. The van der Waals surface area contributed by atoms with Crippen LogP contribution in [0.15, 0.2) is 11.6 Å². The van der Waals surface area contributed by atoms with E-state index in [1.54, 1.807) is 0 Å². The Hall–Kier alpha value is -1.71. The Kier molecular flexibility index (Phi) is 4.69. The Morgan fingerprint density at radius 2 is 2.27 bits per heavy atom. The summed E-state index contributed by atoms with van der Waals surface area (Å²) in [7, 11) is 0. The molecule has 8 nitrogen and oxygen atoms in total. The van der Waals surface area contributed by atoms with Crippen LogP contribution in [-0.2, 0) is 24.0 Å². The summed E-state index contributed by atoms with van der Waals surface area (Å²) in [5.74, 6) is -2.85. The number of nitrogens with one attached hydrogen (secondary N) is 1. The Morgan fingerprint density at radius 3 is 2.77 bits per heavy atom. The molecule has 2 saturated heterocycles. The molecular weight excluding hydrogens is 336 g/mol. The molecule has 0 bridgehead atoms. The molecule has 0 radical (unpaired) electrons. The Labute approximate surface area is 135 Å². The summed E-state index contributed by atoms with van der Waals surface area (Å²) in [5, 5.41) is 12.9. The van der Waals surface area contributed by atoms with E-state index in [4.69, 9.17) is 33.4 Å². The maximum atomic E-state index is 12.3. The van der Waals surface area contributed by atoms with Crippen LogP contribution in [0.2, 0.25) is 0 Å². The molecule has 2 N–H and O–H groups in total. The van der Waals surface area contributed by atoms with Crippen molar-refractivity contribution in [3.63, 3.8) is 0 Å². The number of hydrogen-bond donors (Lipinski definition) is 2. The van der Waals surface area contributed by atoms with Gasteiger partial charge in [0, 0.05) is 17.9 Å². The van der Waals surface area contributed by atoms with E-state index >= 15 is 0 Å². The van der Waals surface area contributed by atoms with Crippen molar-refractivity contribution in [2.75, 3.05) is 6.61 Å². The first-order chi connectivity index (χ1) is 10.3. The van der Waals surface area contributed by atoms with Gasteiger partial charge in [-0.1, -0.05) is 30.4 Å². The Morgan fingerprint density at radius 1 is 1.59 bits per heavy atom. The molecule has 0 aliphatic carbocycles. The molecule has 1 unspecified atom stereocenters. The lowest BCUT2D eigenvalue weighted by Crippen LogP contribution is -2.56. The van der Waals surface area contributed by atoms with E-state index in [0.29, 0.717) is 10.1 Å². The lowest BCUT2D eigenvalue weighted by Gasteiger charge is -2.30. The fraction of sp³-hybridized carbons (Fsp3) is 0.500. The monoisotopic (exact) mass is 348 g/mol. The zero-order valence-electron chi connectivity index (χ0n) is 11.3. The molecular formula is C12H13ClN2O6S. The van der Waals surface area contributed by atoms with Crippen LogP contribution in [0.1, 0.15) is 19.3 Å². The number of ether oxygens (including phenoxy) is 1. The van der Waals surface area contributed by atoms with Crippen LogP contribution in [0, 0.1) is 0 Å². The summed E-state index contributed by atoms with van der Waals surface area (Å²) in [6, 6.07) is -0.876. The number of rotatable bonds is 5. The minimum atomic E-state index is -2.12. The normalized spacial score (nSPS) is 27.7. The van der Waals surface area contributed by atoms with Crippen molar-refractivity contribution < 1.29 is 29.1 Å². The van der Waals surface area contributed by atoms with E-state index in [2.05, 4.69) is 11.9 Å². The van der Waals surface area contributed by atoms with Crippen LogP contribution in [0.3, 0.4) is 0 Å². The van der Waals surface area contributed by atoms with E-state index < -0.39 is 29.6 Å². The summed E-state index contributed by atoms with van der Waals surface area (Å²) >= 11 is 10.6. The van der Waals surface area contributed by atoms with E-state index in [1.807, 2.05) is 0 Å². The number of aliphatic carboxylic acids is 1. The number of nitrogens with zero attached hydrogens (tertiary/aromatic N) is 1. The smallest absolute Gasteiger partial charge is 0.372 e. The molecule has 2 atom stereocenters. The molecule has 10 heteroatoms. The van der Waals surface area contributed by atoms with Crippen molar-refractivity contribution in [1.82, 2.24) is 10.4 Å². The first-order valence-electron chi connectivity index (χ1n) is 6.31. The molecule has 120 valence electrons. The zero-order chi connectivity index (χ0) is 16.5. The number of carboxylic acid groups (broad SMARTS) is 1. The van der Waals surface area contributed by atoms with Crippen molar-refractivity contribution in [1.29, 1.82) is 0 Å². The summed E-state index contributed by atoms with van der Waals surface area (Å²) in [6.07, 6.45) is -0.107. The highest BCUT2D eigenvalue weighted by Crippen LogP contribution is 2.34. The van der Waals surface area contributed by atoms with Gasteiger partial charge in [0.2, 0.25) is 0 Å². The van der Waals surface area contributed by atoms with Crippen LogP contribution in [-0.4, -0.2) is 51.4 Å². The van der Waals surface area contributed by atoms with Gasteiger partial charge in [0.25, 0.3) is 5.91 Å². The fourth-order valence-electron chi connectivity index (χ4n) is 2.17. The molecule has 2 rings (SSSR count). The first kappa shape index (κ1) is 16.7. The summed E-state index contributed by atoms with van der Waals surface area (Å²) < 4.78 is 4.83. The number of hydrogen-bond acceptors (Lipinski definition) is 6. The second-order valence-corrected chi connectivity index (χ2v) is 5.83. The number of carboxylic acids is 1. The maximum absolute atomic E-state index is 12.3. The lowest BCUT2D eigenvalue weighted by molar-refractivity contribution is -0.256. The predicted molar refractivity (Wildman–Crippen MR) is 77.6 cm³/mol. The molecule has 0 aromatic carbocycles. The number of carbonyl (C=O) groups excluding carboxylic acids is 2. The third kappa shape index (κ3) is 3.06. The lowest BCUT2D eigenvalue weighted by atomic mass is 10.1. The van der Waals surface area contributed by atoms with Gasteiger partial charge in [0.1, 0.15) is 12.6 Å². The van der Waals surface area contributed by atoms with Crippen LogP contribution in [0.4, 0.5) is 0 Å². The second-order valence-electron chi connectivity index (χ2n) is 4.81. The van der Waals surface area contributed by atoms with Gasteiger partial charge >= 0.3 is 17.7 Å². The number of hydroxylamine groups is 2. The summed E-state index contributed by atoms with van der Waals surface area (Å²) in [5.41, 5.74) is -2.12. The quantitative estimate of drug-likeness (QED) is 0.540. The van der Waals surface area contributed by atoms with Gasteiger partial charge in [-0.05, 0) is 0 Å². The number of thiocarbonyl (C=S) groups is 1. The van der Waals surface area contributed by atoms with Gasteiger partial charge in [0.15, 0.2) is 0 Å². The minimum absolute atomic E-state index is 0.109. The standard InChI is InChI=1S/C12H13ClN2O6S/c1-6(13)4-8(22)14-7-5-20-15(10(7)17)12(11(18)19)3-2-9(16)21-12/h7H,1-5H2,(H,14,22)(H,18,19)/t7-,12?/m0/s1. The predicted octanol–water partition coefficient (Wildman–Crippen LogP) is 0.306. The van der Waals surface area contributed by atoms with Crippen LogP contribution < -0.4 is 5.32 Å². The molecule has 22 heavy (non-hydrogen) atoms. The van der Waals surface area contributed by atoms with Gasteiger partial charge in [-0.3, -0.25) is 14.4 Å². The number of cyclic esters (lactones) is 1. The van der Waals surface area contributed by atoms with Gasteiger partial charge in [-0.25, -0.2) is 4.79 Å². The van der Waals surface area contributed by atoms with E-state index in [-0.39, 0.29) is 30.9 Å². The molecule has 0 aromatic heterocycles. The number of carbonyl (C=O) groups is 3. The molecule has 0 spiro atoms.